The van der Waals surface area contributed by atoms with Crippen LogP contribution in [0.2, 0.25) is 5.02 Å². The molecule has 1 heterocycles. The zero-order valence-electron chi connectivity index (χ0n) is 10.1. The second-order valence-electron chi connectivity index (χ2n) is 5.79. The maximum Gasteiger partial charge on any atom is 0.178 e. The highest BCUT2D eigenvalue weighted by molar-refractivity contribution is 7.71. The van der Waals surface area contributed by atoms with Crippen molar-refractivity contribution in [1.29, 1.82) is 0 Å². The minimum absolute atomic E-state index is 0.534. The van der Waals surface area contributed by atoms with Gasteiger partial charge in [-0.05, 0) is 61.4 Å². The minimum atomic E-state index is 0.534. The first-order valence-electron chi connectivity index (χ1n) is 6.57. The number of benzene rings is 1. The lowest BCUT2D eigenvalue weighted by atomic mass is 10.0. The van der Waals surface area contributed by atoms with E-state index in [9.17, 15) is 0 Å². The first kappa shape index (κ1) is 11.1. The van der Waals surface area contributed by atoms with Gasteiger partial charge in [0.2, 0.25) is 0 Å². The van der Waals surface area contributed by atoms with Crippen LogP contribution in [0.5, 0.6) is 0 Å². The number of nitrogens with zero attached hydrogens (tertiary/aromatic N) is 1. The Kier molecular flexibility index (Phi) is 2.22. The first-order chi connectivity index (χ1) is 8.70. The summed E-state index contributed by atoms with van der Waals surface area (Å²) in [5.41, 5.74) is 2.67. The summed E-state index contributed by atoms with van der Waals surface area (Å²) in [6.07, 6.45) is 5.53. The van der Waals surface area contributed by atoms with Crippen molar-refractivity contribution in [3.8, 4) is 0 Å². The van der Waals surface area contributed by atoms with E-state index in [2.05, 4.69) is 9.55 Å². The van der Waals surface area contributed by atoms with Crippen LogP contribution in [0.15, 0.2) is 18.2 Å². The third-order valence-electron chi connectivity index (χ3n) is 4.55. The average Bonchev–Trinajstić information content (AvgIpc) is 3.21. The topological polar surface area (TPSA) is 20.7 Å². The molecule has 0 unspecified atom stereocenters. The van der Waals surface area contributed by atoms with Gasteiger partial charge < -0.3 is 9.55 Å². The molecule has 2 aromatic rings. The highest BCUT2D eigenvalue weighted by atomic mass is 35.5. The maximum absolute atomic E-state index is 6.33. The molecule has 0 saturated heterocycles. The van der Waals surface area contributed by atoms with Crippen LogP contribution in [0.25, 0.3) is 11.0 Å². The van der Waals surface area contributed by atoms with Gasteiger partial charge in [-0.1, -0.05) is 17.7 Å². The quantitative estimate of drug-likeness (QED) is 0.818. The summed E-state index contributed by atoms with van der Waals surface area (Å²) in [5.74, 6) is 0.937. The molecule has 1 aromatic heterocycles. The van der Waals surface area contributed by atoms with Crippen LogP contribution < -0.4 is 0 Å². The largest absolute Gasteiger partial charge is 0.331 e. The predicted molar refractivity (Wildman–Crippen MR) is 76.5 cm³/mol. The summed E-state index contributed by atoms with van der Waals surface area (Å²) in [6, 6.07) is 5.96. The van der Waals surface area contributed by atoms with Gasteiger partial charge in [-0.15, -0.1) is 0 Å². The molecule has 1 N–H and O–H groups in total. The van der Waals surface area contributed by atoms with Gasteiger partial charge in [0.25, 0.3) is 0 Å². The second kappa shape index (κ2) is 3.61. The van der Waals surface area contributed by atoms with Gasteiger partial charge in [-0.2, -0.15) is 0 Å². The van der Waals surface area contributed by atoms with Crippen molar-refractivity contribution in [2.45, 2.75) is 32.2 Å². The SMILES string of the molecule is S=c1[nH]c2cccc(Cl)c2n1CC1(C2CC2)CC1. The molecule has 4 heteroatoms. The van der Waals surface area contributed by atoms with Crippen molar-refractivity contribution in [3.63, 3.8) is 0 Å². The van der Waals surface area contributed by atoms with Gasteiger partial charge in [-0.3, -0.25) is 0 Å². The van der Waals surface area contributed by atoms with Crippen molar-refractivity contribution in [1.82, 2.24) is 9.55 Å². The molecule has 0 radical (unpaired) electrons. The van der Waals surface area contributed by atoms with Gasteiger partial charge >= 0.3 is 0 Å². The summed E-state index contributed by atoms with van der Waals surface area (Å²) in [4.78, 5) is 3.27. The van der Waals surface area contributed by atoms with Crippen LogP contribution in [-0.2, 0) is 6.54 Å². The van der Waals surface area contributed by atoms with E-state index in [-0.39, 0.29) is 0 Å². The number of halogens is 1. The van der Waals surface area contributed by atoms with Gasteiger partial charge in [0.15, 0.2) is 4.77 Å². The lowest BCUT2D eigenvalue weighted by molar-refractivity contribution is 0.373. The van der Waals surface area contributed by atoms with Crippen LogP contribution in [0.4, 0.5) is 0 Å². The molecule has 0 atom stereocenters. The highest BCUT2D eigenvalue weighted by Crippen LogP contribution is 2.62. The second-order valence-corrected chi connectivity index (χ2v) is 6.58. The van der Waals surface area contributed by atoms with Crippen LogP contribution in [0.3, 0.4) is 0 Å². The molecule has 94 valence electrons. The van der Waals surface area contributed by atoms with Crippen LogP contribution in [0.1, 0.15) is 25.7 Å². The van der Waals surface area contributed by atoms with E-state index in [1.807, 2.05) is 18.2 Å². The minimum Gasteiger partial charge on any atom is -0.331 e. The number of fused-ring (bicyclic) bond motifs is 1. The number of rotatable bonds is 3. The van der Waals surface area contributed by atoms with Gasteiger partial charge in [0.1, 0.15) is 0 Å². The zero-order valence-corrected chi connectivity index (χ0v) is 11.7. The number of imidazole rings is 1. The summed E-state index contributed by atoms with van der Waals surface area (Å²) in [5, 5.41) is 0.798. The number of nitrogens with one attached hydrogen (secondary N) is 1. The van der Waals surface area contributed by atoms with Crippen LogP contribution in [0, 0.1) is 16.1 Å². The van der Waals surface area contributed by atoms with E-state index < -0.39 is 0 Å². The van der Waals surface area contributed by atoms with E-state index in [0.29, 0.717) is 5.41 Å². The van der Waals surface area contributed by atoms with E-state index >= 15 is 0 Å². The fourth-order valence-corrected chi connectivity index (χ4v) is 3.73. The molecular weight excluding hydrogens is 264 g/mol. The Morgan fingerprint density at radius 1 is 1.39 bits per heavy atom. The fourth-order valence-electron chi connectivity index (χ4n) is 3.19. The molecule has 0 amide bonds. The lowest BCUT2D eigenvalue weighted by Gasteiger charge is -2.15. The molecule has 18 heavy (non-hydrogen) atoms. The van der Waals surface area contributed by atoms with Gasteiger partial charge in [-0.25, -0.2) is 0 Å². The molecule has 0 spiro atoms. The Bertz CT molecular complexity index is 677. The molecule has 0 bridgehead atoms. The molecule has 1 aromatic carbocycles. The van der Waals surface area contributed by atoms with Gasteiger partial charge in [0.05, 0.1) is 16.1 Å². The molecule has 2 saturated carbocycles. The van der Waals surface area contributed by atoms with E-state index in [1.54, 1.807) is 0 Å². The number of hydrogen-bond acceptors (Lipinski definition) is 1. The van der Waals surface area contributed by atoms with E-state index in [1.165, 1.54) is 25.7 Å². The lowest BCUT2D eigenvalue weighted by Crippen LogP contribution is -2.14. The Labute approximate surface area is 116 Å². The molecule has 2 fully saturated rings. The average molecular weight is 279 g/mol. The maximum atomic E-state index is 6.33. The summed E-state index contributed by atoms with van der Waals surface area (Å²) in [6.45, 7) is 1.04. The molecule has 2 aliphatic carbocycles. The van der Waals surface area contributed by atoms with E-state index in [4.69, 9.17) is 23.8 Å². The number of hydrogen-bond donors (Lipinski definition) is 1. The van der Waals surface area contributed by atoms with Crippen molar-refractivity contribution in [2.24, 2.45) is 11.3 Å². The number of para-hydroxylation sites is 1. The molecule has 2 aliphatic rings. The monoisotopic (exact) mass is 278 g/mol. The fraction of sp³-hybridized carbons (Fsp3) is 0.500. The number of aromatic amines is 1. The standard InChI is InChI=1S/C14H15ClN2S/c15-10-2-1-3-11-12(10)17(13(18)16-11)8-14(6-7-14)9-4-5-9/h1-3,9H,4-8H2,(H,16,18). The normalized spacial score (nSPS) is 21.4. The smallest absolute Gasteiger partial charge is 0.178 e. The molecule has 2 nitrogen and oxygen atoms in total. The van der Waals surface area contributed by atoms with Gasteiger partial charge in [0, 0.05) is 6.54 Å². The first-order valence-corrected chi connectivity index (χ1v) is 7.35. The molecular formula is C14H15ClN2S. The number of aromatic nitrogens is 2. The van der Waals surface area contributed by atoms with Crippen LogP contribution in [-0.4, -0.2) is 9.55 Å². The highest BCUT2D eigenvalue weighted by Gasteiger charge is 2.53. The molecule has 0 aliphatic heterocycles. The Hall–Kier alpha value is -0.800. The van der Waals surface area contributed by atoms with Crippen molar-refractivity contribution in [2.75, 3.05) is 0 Å². The summed E-state index contributed by atoms with van der Waals surface area (Å²) < 4.78 is 3.03. The molecule has 4 rings (SSSR count). The Morgan fingerprint density at radius 2 is 2.17 bits per heavy atom. The Morgan fingerprint density at radius 3 is 2.83 bits per heavy atom. The van der Waals surface area contributed by atoms with Crippen molar-refractivity contribution in [3.05, 3.63) is 28.0 Å². The van der Waals surface area contributed by atoms with E-state index in [0.717, 1.165) is 33.3 Å². The van der Waals surface area contributed by atoms with Crippen LogP contribution >= 0.6 is 23.8 Å². The predicted octanol–water partition coefficient (Wildman–Crippen LogP) is 4.54. The summed E-state index contributed by atoms with van der Waals surface area (Å²) in [7, 11) is 0. The zero-order chi connectivity index (χ0) is 12.3. The Balaban J connectivity index is 1.84. The van der Waals surface area contributed by atoms with Crippen molar-refractivity contribution >= 4 is 34.9 Å². The summed E-state index contributed by atoms with van der Waals surface area (Å²) >= 11 is 11.8. The van der Waals surface area contributed by atoms with Crippen molar-refractivity contribution < 1.29 is 0 Å². The number of H-pyrrole nitrogens is 1. The third kappa shape index (κ3) is 1.57. The third-order valence-corrected chi connectivity index (χ3v) is 5.18.